The molecule has 1 saturated heterocycles. The van der Waals surface area contributed by atoms with E-state index in [1.165, 1.54) is 44.3 Å². The SMILES string of the molecule is CCCOc1ccc(CN(CC2CCCN2)C2CC2)cc1. The maximum Gasteiger partial charge on any atom is 0.119 e. The summed E-state index contributed by atoms with van der Waals surface area (Å²) in [4.78, 5) is 2.67. The van der Waals surface area contributed by atoms with Crippen molar-refractivity contribution in [1.82, 2.24) is 10.2 Å². The highest BCUT2D eigenvalue weighted by Crippen LogP contribution is 2.29. The Morgan fingerprint density at radius 3 is 2.62 bits per heavy atom. The summed E-state index contributed by atoms with van der Waals surface area (Å²) in [6.07, 6.45) is 6.50. The minimum atomic E-state index is 0.706. The Balaban J connectivity index is 1.54. The van der Waals surface area contributed by atoms with Gasteiger partial charge in [-0.25, -0.2) is 0 Å². The number of rotatable bonds is 8. The highest BCUT2D eigenvalue weighted by atomic mass is 16.5. The second-order valence-corrected chi connectivity index (χ2v) is 6.45. The highest BCUT2D eigenvalue weighted by molar-refractivity contribution is 5.27. The fourth-order valence-corrected chi connectivity index (χ4v) is 3.12. The minimum absolute atomic E-state index is 0.706. The standard InChI is InChI=1S/C18H28N2O/c1-2-12-21-18-9-5-15(6-10-18)13-20(17-7-8-17)14-16-4-3-11-19-16/h5-6,9-10,16-17,19H,2-4,7-8,11-14H2,1H3. The molecule has 1 aliphatic heterocycles. The predicted molar refractivity (Wildman–Crippen MR) is 86.7 cm³/mol. The molecule has 0 bridgehead atoms. The van der Waals surface area contributed by atoms with E-state index in [1.807, 2.05) is 0 Å². The summed E-state index contributed by atoms with van der Waals surface area (Å²) in [5.74, 6) is 0.996. The van der Waals surface area contributed by atoms with Crippen LogP contribution in [-0.4, -0.2) is 36.7 Å². The van der Waals surface area contributed by atoms with Crippen molar-refractivity contribution in [2.45, 2.75) is 57.7 Å². The normalized spacial score (nSPS) is 21.9. The van der Waals surface area contributed by atoms with Gasteiger partial charge in [0, 0.05) is 25.2 Å². The molecule has 1 aromatic carbocycles. The Labute approximate surface area is 128 Å². The van der Waals surface area contributed by atoms with Gasteiger partial charge < -0.3 is 10.1 Å². The van der Waals surface area contributed by atoms with Crippen molar-refractivity contribution < 1.29 is 4.74 Å². The van der Waals surface area contributed by atoms with E-state index in [1.54, 1.807) is 0 Å². The summed E-state index contributed by atoms with van der Waals surface area (Å²) >= 11 is 0. The van der Waals surface area contributed by atoms with Crippen molar-refractivity contribution in [3.8, 4) is 5.75 Å². The molecule has 1 saturated carbocycles. The number of hydrogen-bond donors (Lipinski definition) is 1. The summed E-state index contributed by atoms with van der Waals surface area (Å²) in [5, 5.41) is 3.63. The van der Waals surface area contributed by atoms with Crippen LogP contribution in [0.15, 0.2) is 24.3 Å². The van der Waals surface area contributed by atoms with Crippen LogP contribution in [0.3, 0.4) is 0 Å². The molecule has 3 nitrogen and oxygen atoms in total. The molecular weight excluding hydrogens is 260 g/mol. The van der Waals surface area contributed by atoms with Gasteiger partial charge in [-0.05, 0) is 56.3 Å². The van der Waals surface area contributed by atoms with E-state index < -0.39 is 0 Å². The van der Waals surface area contributed by atoms with Crippen LogP contribution in [0.5, 0.6) is 5.75 Å². The largest absolute Gasteiger partial charge is 0.494 e. The van der Waals surface area contributed by atoms with Gasteiger partial charge in [0.15, 0.2) is 0 Å². The Hall–Kier alpha value is -1.06. The molecule has 1 aliphatic carbocycles. The van der Waals surface area contributed by atoms with Gasteiger partial charge in [0.05, 0.1) is 6.61 Å². The number of ether oxygens (including phenoxy) is 1. The van der Waals surface area contributed by atoms with E-state index in [0.717, 1.165) is 31.4 Å². The molecule has 0 radical (unpaired) electrons. The first-order valence-electron chi connectivity index (χ1n) is 8.54. The van der Waals surface area contributed by atoms with Gasteiger partial charge >= 0.3 is 0 Å². The first kappa shape index (κ1) is 14.9. The zero-order valence-electron chi connectivity index (χ0n) is 13.2. The molecule has 3 rings (SSSR count). The summed E-state index contributed by atoms with van der Waals surface area (Å²) in [5.41, 5.74) is 1.41. The number of nitrogens with one attached hydrogen (secondary N) is 1. The zero-order chi connectivity index (χ0) is 14.5. The zero-order valence-corrected chi connectivity index (χ0v) is 13.2. The minimum Gasteiger partial charge on any atom is -0.494 e. The van der Waals surface area contributed by atoms with Crippen LogP contribution in [0.1, 0.15) is 44.6 Å². The predicted octanol–water partition coefficient (Wildman–Crippen LogP) is 3.19. The Bertz CT molecular complexity index is 421. The topological polar surface area (TPSA) is 24.5 Å². The third-order valence-electron chi connectivity index (χ3n) is 4.46. The lowest BCUT2D eigenvalue weighted by atomic mass is 10.1. The van der Waals surface area contributed by atoms with Crippen molar-refractivity contribution >= 4 is 0 Å². The van der Waals surface area contributed by atoms with Gasteiger partial charge in [0.1, 0.15) is 5.75 Å². The van der Waals surface area contributed by atoms with E-state index in [9.17, 15) is 0 Å². The summed E-state index contributed by atoms with van der Waals surface area (Å²) in [7, 11) is 0. The van der Waals surface area contributed by atoms with Crippen molar-refractivity contribution in [2.24, 2.45) is 0 Å². The van der Waals surface area contributed by atoms with Gasteiger partial charge in [0.2, 0.25) is 0 Å². The summed E-state index contributed by atoms with van der Waals surface area (Å²) in [6.45, 7) is 6.43. The monoisotopic (exact) mass is 288 g/mol. The van der Waals surface area contributed by atoms with Crippen LogP contribution in [0.25, 0.3) is 0 Å². The van der Waals surface area contributed by atoms with E-state index in [4.69, 9.17) is 4.74 Å². The molecule has 3 heteroatoms. The van der Waals surface area contributed by atoms with Crippen LogP contribution in [0, 0.1) is 0 Å². The van der Waals surface area contributed by atoms with Gasteiger partial charge in [-0.15, -0.1) is 0 Å². The molecule has 0 spiro atoms. The molecule has 1 heterocycles. The molecule has 0 aromatic heterocycles. The van der Waals surface area contributed by atoms with Crippen molar-refractivity contribution in [1.29, 1.82) is 0 Å². The first-order valence-corrected chi connectivity index (χ1v) is 8.54. The maximum absolute atomic E-state index is 5.66. The van der Waals surface area contributed by atoms with Crippen LogP contribution in [0.2, 0.25) is 0 Å². The van der Waals surface area contributed by atoms with Crippen LogP contribution >= 0.6 is 0 Å². The van der Waals surface area contributed by atoms with Crippen molar-refractivity contribution in [2.75, 3.05) is 19.7 Å². The number of hydrogen-bond acceptors (Lipinski definition) is 3. The molecule has 1 aromatic rings. The fourth-order valence-electron chi connectivity index (χ4n) is 3.12. The number of benzene rings is 1. The van der Waals surface area contributed by atoms with Crippen LogP contribution in [0.4, 0.5) is 0 Å². The summed E-state index contributed by atoms with van der Waals surface area (Å²) in [6, 6.07) is 10.2. The average Bonchev–Trinajstić information content (AvgIpc) is 3.24. The average molecular weight is 288 g/mol. The van der Waals surface area contributed by atoms with Gasteiger partial charge in [-0.1, -0.05) is 19.1 Å². The Morgan fingerprint density at radius 2 is 2.00 bits per heavy atom. The highest BCUT2D eigenvalue weighted by Gasteiger charge is 2.31. The van der Waals surface area contributed by atoms with E-state index >= 15 is 0 Å². The molecule has 1 N–H and O–H groups in total. The Morgan fingerprint density at radius 1 is 1.19 bits per heavy atom. The lowest BCUT2D eigenvalue weighted by Crippen LogP contribution is -2.38. The van der Waals surface area contributed by atoms with Gasteiger partial charge in [0.25, 0.3) is 0 Å². The molecule has 116 valence electrons. The molecule has 1 atom stereocenters. The quantitative estimate of drug-likeness (QED) is 0.795. The molecule has 1 unspecified atom stereocenters. The molecule has 2 fully saturated rings. The van der Waals surface area contributed by atoms with E-state index in [2.05, 4.69) is 41.4 Å². The van der Waals surface area contributed by atoms with E-state index in [0.29, 0.717) is 6.04 Å². The molecule has 0 amide bonds. The smallest absolute Gasteiger partial charge is 0.119 e. The lowest BCUT2D eigenvalue weighted by Gasteiger charge is -2.25. The molecule has 21 heavy (non-hydrogen) atoms. The second kappa shape index (κ2) is 7.28. The lowest BCUT2D eigenvalue weighted by molar-refractivity contribution is 0.231. The number of nitrogens with zero attached hydrogens (tertiary/aromatic N) is 1. The second-order valence-electron chi connectivity index (χ2n) is 6.45. The third-order valence-corrected chi connectivity index (χ3v) is 4.46. The van der Waals surface area contributed by atoms with Crippen LogP contribution in [-0.2, 0) is 6.54 Å². The molecule has 2 aliphatic rings. The van der Waals surface area contributed by atoms with Crippen molar-refractivity contribution in [3.05, 3.63) is 29.8 Å². The molecular formula is C18H28N2O. The third kappa shape index (κ3) is 4.45. The first-order chi connectivity index (χ1) is 10.3. The van der Waals surface area contributed by atoms with E-state index in [-0.39, 0.29) is 0 Å². The van der Waals surface area contributed by atoms with Crippen molar-refractivity contribution in [3.63, 3.8) is 0 Å². The fraction of sp³-hybridized carbons (Fsp3) is 0.667. The van der Waals surface area contributed by atoms with Gasteiger partial charge in [-0.2, -0.15) is 0 Å². The van der Waals surface area contributed by atoms with Crippen LogP contribution < -0.4 is 10.1 Å². The maximum atomic E-state index is 5.66. The Kier molecular flexibility index (Phi) is 5.15. The van der Waals surface area contributed by atoms with Gasteiger partial charge in [-0.3, -0.25) is 4.90 Å². The summed E-state index contributed by atoms with van der Waals surface area (Å²) < 4.78 is 5.66.